The highest BCUT2D eigenvalue weighted by atomic mass is 16.5. The van der Waals surface area contributed by atoms with E-state index in [0.717, 1.165) is 44.5 Å². The molecule has 4 rings (SSSR count). The third-order valence-corrected chi connectivity index (χ3v) is 5.77. The second kappa shape index (κ2) is 9.78. The van der Waals surface area contributed by atoms with E-state index in [1.54, 1.807) is 12.4 Å². The van der Waals surface area contributed by atoms with Crippen molar-refractivity contribution in [1.82, 2.24) is 25.3 Å². The number of nitrogens with zero attached hydrogens (tertiary/aromatic N) is 4. The van der Waals surface area contributed by atoms with Crippen molar-refractivity contribution < 1.29 is 9.32 Å². The van der Waals surface area contributed by atoms with Crippen LogP contribution in [0.5, 0.6) is 0 Å². The van der Waals surface area contributed by atoms with Crippen molar-refractivity contribution in [3.63, 3.8) is 0 Å². The van der Waals surface area contributed by atoms with E-state index in [-0.39, 0.29) is 11.8 Å². The molecule has 2 aromatic rings. The molecule has 2 aliphatic rings. The van der Waals surface area contributed by atoms with Gasteiger partial charge in [-0.05, 0) is 63.6 Å². The maximum absolute atomic E-state index is 12.6. The maximum Gasteiger partial charge on any atom is 0.241 e. The molecule has 0 radical (unpaired) electrons. The number of carbonyl (C=O) groups excluding carboxylic acids is 1. The fourth-order valence-electron chi connectivity index (χ4n) is 4.16. The third kappa shape index (κ3) is 5.50. The Balaban J connectivity index is 1.25. The predicted octanol–water partition coefficient (Wildman–Crippen LogP) is 3.35. The second-order valence-electron chi connectivity index (χ2n) is 7.97. The molecular weight excluding hydrogens is 366 g/mol. The summed E-state index contributed by atoms with van der Waals surface area (Å²) in [5.41, 5.74) is 2.39. The van der Waals surface area contributed by atoms with E-state index in [4.69, 9.17) is 4.52 Å². The Hall–Kier alpha value is -2.54. The minimum atomic E-state index is 0.0340. The fraction of sp³-hybridized carbons (Fsp3) is 0.545. The van der Waals surface area contributed by atoms with Gasteiger partial charge in [0.1, 0.15) is 0 Å². The molecule has 1 amide bonds. The molecule has 7 heteroatoms. The molecule has 1 atom stereocenters. The molecular formula is C22H29N5O2. The van der Waals surface area contributed by atoms with Gasteiger partial charge in [0.15, 0.2) is 0 Å². The standard InChI is InChI=1S/C22H29N5O2/c28-22(24-13-8-17-5-2-1-3-6-17)19-7-4-14-27(15-19)16-20-25-21(26-29-20)18-9-11-23-12-10-18/h5,9-12,19H,1-4,6-8,13-16H2,(H,24,28)/t19-/m1/s1. The molecule has 0 saturated carbocycles. The molecule has 1 aliphatic heterocycles. The van der Waals surface area contributed by atoms with Gasteiger partial charge in [0.05, 0.1) is 12.5 Å². The SMILES string of the molecule is O=C(NCCC1=CCCCC1)[C@@H]1CCCN(Cc2nc(-c3ccncc3)no2)C1. The first-order chi connectivity index (χ1) is 14.3. The lowest BCUT2D eigenvalue weighted by Gasteiger charge is -2.30. The molecule has 1 N–H and O–H groups in total. The van der Waals surface area contributed by atoms with E-state index >= 15 is 0 Å². The number of hydrogen-bond acceptors (Lipinski definition) is 6. The van der Waals surface area contributed by atoms with Crippen LogP contribution in [0.1, 0.15) is 50.8 Å². The number of carbonyl (C=O) groups is 1. The molecule has 2 aromatic heterocycles. The number of aromatic nitrogens is 3. The Bertz CT molecular complexity index is 833. The summed E-state index contributed by atoms with van der Waals surface area (Å²) >= 11 is 0. The Labute approximate surface area is 171 Å². The first-order valence-corrected chi connectivity index (χ1v) is 10.7. The minimum Gasteiger partial charge on any atom is -0.356 e. The van der Waals surface area contributed by atoms with Crippen molar-refractivity contribution in [2.24, 2.45) is 5.92 Å². The third-order valence-electron chi connectivity index (χ3n) is 5.77. The lowest BCUT2D eigenvalue weighted by molar-refractivity contribution is -0.126. The summed E-state index contributed by atoms with van der Waals surface area (Å²) in [7, 11) is 0. The lowest BCUT2D eigenvalue weighted by Crippen LogP contribution is -2.43. The van der Waals surface area contributed by atoms with Crippen LogP contribution in [0.4, 0.5) is 0 Å². The van der Waals surface area contributed by atoms with Gasteiger partial charge in [-0.15, -0.1) is 0 Å². The van der Waals surface area contributed by atoms with Crippen molar-refractivity contribution in [3.05, 3.63) is 42.1 Å². The molecule has 0 bridgehead atoms. The van der Waals surface area contributed by atoms with Gasteiger partial charge < -0.3 is 9.84 Å². The number of piperidine rings is 1. The quantitative estimate of drug-likeness (QED) is 0.724. The highest BCUT2D eigenvalue weighted by Crippen LogP contribution is 2.21. The minimum absolute atomic E-state index is 0.0340. The number of hydrogen-bond donors (Lipinski definition) is 1. The van der Waals surface area contributed by atoms with Gasteiger partial charge in [-0.2, -0.15) is 4.98 Å². The zero-order valence-electron chi connectivity index (χ0n) is 16.8. The first-order valence-electron chi connectivity index (χ1n) is 10.7. The maximum atomic E-state index is 12.6. The van der Waals surface area contributed by atoms with Crippen molar-refractivity contribution in [2.75, 3.05) is 19.6 Å². The Morgan fingerprint density at radius 1 is 1.24 bits per heavy atom. The molecule has 0 spiro atoms. The largest absolute Gasteiger partial charge is 0.356 e. The van der Waals surface area contributed by atoms with Crippen LogP contribution in [0, 0.1) is 5.92 Å². The topological polar surface area (TPSA) is 84.2 Å². The van der Waals surface area contributed by atoms with Crippen LogP contribution < -0.4 is 5.32 Å². The van der Waals surface area contributed by atoms with Crippen LogP contribution >= 0.6 is 0 Å². The van der Waals surface area contributed by atoms with Gasteiger partial charge in [-0.1, -0.05) is 16.8 Å². The van der Waals surface area contributed by atoms with Crippen molar-refractivity contribution >= 4 is 5.91 Å². The van der Waals surface area contributed by atoms with E-state index in [0.29, 0.717) is 18.3 Å². The monoisotopic (exact) mass is 395 g/mol. The molecule has 3 heterocycles. The molecule has 0 aromatic carbocycles. The summed E-state index contributed by atoms with van der Waals surface area (Å²) < 4.78 is 5.42. The molecule has 0 unspecified atom stereocenters. The van der Waals surface area contributed by atoms with Gasteiger partial charge in [0.2, 0.25) is 17.6 Å². The summed E-state index contributed by atoms with van der Waals surface area (Å²) in [6.45, 7) is 3.01. The van der Waals surface area contributed by atoms with E-state index in [2.05, 4.69) is 31.4 Å². The number of amides is 1. The normalized spacial score (nSPS) is 20.3. The summed E-state index contributed by atoms with van der Waals surface area (Å²) in [6, 6.07) is 3.72. The van der Waals surface area contributed by atoms with E-state index in [9.17, 15) is 4.79 Å². The average Bonchev–Trinajstić information content (AvgIpc) is 3.24. The summed E-state index contributed by atoms with van der Waals surface area (Å²) in [5, 5.41) is 7.21. The molecule has 7 nitrogen and oxygen atoms in total. The van der Waals surface area contributed by atoms with Crippen molar-refractivity contribution in [2.45, 2.75) is 51.5 Å². The van der Waals surface area contributed by atoms with E-state index in [1.165, 1.54) is 31.3 Å². The van der Waals surface area contributed by atoms with Gasteiger partial charge in [0.25, 0.3) is 0 Å². The predicted molar refractivity (Wildman–Crippen MR) is 110 cm³/mol. The summed E-state index contributed by atoms with van der Waals surface area (Å²) in [5.74, 6) is 1.37. The highest BCUT2D eigenvalue weighted by Gasteiger charge is 2.26. The van der Waals surface area contributed by atoms with Gasteiger partial charge >= 0.3 is 0 Å². The van der Waals surface area contributed by atoms with Crippen molar-refractivity contribution in [3.8, 4) is 11.4 Å². The highest BCUT2D eigenvalue weighted by molar-refractivity contribution is 5.78. The van der Waals surface area contributed by atoms with Crippen LogP contribution in [0.25, 0.3) is 11.4 Å². The fourth-order valence-corrected chi connectivity index (χ4v) is 4.16. The molecule has 1 fully saturated rings. The smallest absolute Gasteiger partial charge is 0.241 e. The Morgan fingerprint density at radius 3 is 2.97 bits per heavy atom. The zero-order valence-corrected chi connectivity index (χ0v) is 16.8. The van der Waals surface area contributed by atoms with Crippen LogP contribution in [0.15, 0.2) is 40.7 Å². The van der Waals surface area contributed by atoms with E-state index < -0.39 is 0 Å². The van der Waals surface area contributed by atoms with Gasteiger partial charge in [0, 0.05) is 31.0 Å². The Kier molecular flexibility index (Phi) is 6.67. The molecule has 1 saturated heterocycles. The number of nitrogens with one attached hydrogen (secondary N) is 1. The van der Waals surface area contributed by atoms with Gasteiger partial charge in [-0.25, -0.2) is 0 Å². The Morgan fingerprint density at radius 2 is 2.14 bits per heavy atom. The van der Waals surface area contributed by atoms with Crippen LogP contribution in [-0.2, 0) is 11.3 Å². The number of likely N-dealkylation sites (tertiary alicyclic amines) is 1. The first kappa shape index (κ1) is 19.8. The van der Waals surface area contributed by atoms with Crippen LogP contribution in [-0.4, -0.2) is 45.6 Å². The number of rotatable bonds is 7. The van der Waals surface area contributed by atoms with Crippen molar-refractivity contribution in [1.29, 1.82) is 0 Å². The summed E-state index contributed by atoms with van der Waals surface area (Å²) in [4.78, 5) is 23.3. The lowest BCUT2D eigenvalue weighted by atomic mass is 9.96. The van der Waals surface area contributed by atoms with E-state index in [1.807, 2.05) is 12.1 Å². The van der Waals surface area contributed by atoms with Crippen LogP contribution in [0.2, 0.25) is 0 Å². The second-order valence-corrected chi connectivity index (χ2v) is 7.97. The molecule has 1 aliphatic carbocycles. The zero-order chi connectivity index (χ0) is 19.9. The van der Waals surface area contributed by atoms with Crippen LogP contribution in [0.3, 0.4) is 0 Å². The number of allylic oxidation sites excluding steroid dienone is 1. The number of pyridine rings is 1. The van der Waals surface area contributed by atoms with Gasteiger partial charge in [-0.3, -0.25) is 14.7 Å². The summed E-state index contributed by atoms with van der Waals surface area (Å²) in [6.07, 6.45) is 13.7. The molecule has 29 heavy (non-hydrogen) atoms. The molecule has 154 valence electrons. The average molecular weight is 396 g/mol.